The SMILES string of the molecule is c1ccc(-c2cn3ccccc3c2C2CCCCC2)cc1. The predicted molar refractivity (Wildman–Crippen MR) is 88.7 cm³/mol. The van der Waals surface area contributed by atoms with Crippen LogP contribution in [0.5, 0.6) is 0 Å². The number of pyridine rings is 1. The molecule has 1 aliphatic rings. The van der Waals surface area contributed by atoms with E-state index in [0.717, 1.165) is 5.92 Å². The highest BCUT2D eigenvalue weighted by molar-refractivity contribution is 5.77. The van der Waals surface area contributed by atoms with Gasteiger partial charge in [-0.3, -0.25) is 0 Å². The number of benzene rings is 1. The first-order valence-electron chi connectivity index (χ1n) is 8.08. The Morgan fingerprint density at radius 2 is 1.57 bits per heavy atom. The van der Waals surface area contributed by atoms with Crippen molar-refractivity contribution in [2.45, 2.75) is 38.0 Å². The fourth-order valence-electron chi connectivity index (χ4n) is 3.81. The van der Waals surface area contributed by atoms with Crippen molar-refractivity contribution in [2.75, 3.05) is 0 Å². The number of hydrogen-bond acceptors (Lipinski definition) is 0. The van der Waals surface area contributed by atoms with Crippen LogP contribution in [0.2, 0.25) is 0 Å². The van der Waals surface area contributed by atoms with Gasteiger partial charge >= 0.3 is 0 Å². The smallest absolute Gasteiger partial charge is 0.0491 e. The molecule has 3 aromatic rings. The molecule has 0 N–H and O–H groups in total. The minimum atomic E-state index is 0.723. The molecular formula is C20H21N. The van der Waals surface area contributed by atoms with Gasteiger partial charge in [-0.15, -0.1) is 0 Å². The molecule has 1 saturated carbocycles. The van der Waals surface area contributed by atoms with Crippen molar-refractivity contribution in [3.63, 3.8) is 0 Å². The van der Waals surface area contributed by atoms with E-state index >= 15 is 0 Å². The lowest BCUT2D eigenvalue weighted by Crippen LogP contribution is -2.05. The van der Waals surface area contributed by atoms with Gasteiger partial charge in [0.15, 0.2) is 0 Å². The van der Waals surface area contributed by atoms with Crippen molar-refractivity contribution in [3.05, 3.63) is 66.5 Å². The van der Waals surface area contributed by atoms with Crippen molar-refractivity contribution in [1.29, 1.82) is 0 Å². The predicted octanol–water partition coefficient (Wildman–Crippen LogP) is 5.65. The molecule has 0 spiro atoms. The average molecular weight is 275 g/mol. The number of nitrogens with zero attached hydrogens (tertiary/aromatic N) is 1. The molecule has 1 aliphatic carbocycles. The van der Waals surface area contributed by atoms with Crippen LogP contribution in [0.15, 0.2) is 60.9 Å². The van der Waals surface area contributed by atoms with Crippen LogP contribution in [0, 0.1) is 0 Å². The Morgan fingerprint density at radius 1 is 0.810 bits per heavy atom. The molecule has 1 nitrogen and oxygen atoms in total. The molecule has 4 rings (SSSR count). The normalized spacial score (nSPS) is 16.4. The summed E-state index contributed by atoms with van der Waals surface area (Å²) in [4.78, 5) is 0. The Labute approximate surface area is 126 Å². The lowest BCUT2D eigenvalue weighted by Gasteiger charge is -2.23. The van der Waals surface area contributed by atoms with Gasteiger partial charge in [0, 0.05) is 23.5 Å². The van der Waals surface area contributed by atoms with Crippen LogP contribution in [0.25, 0.3) is 16.6 Å². The highest BCUT2D eigenvalue weighted by Crippen LogP contribution is 2.41. The zero-order valence-corrected chi connectivity index (χ0v) is 12.3. The summed E-state index contributed by atoms with van der Waals surface area (Å²) < 4.78 is 2.30. The average Bonchev–Trinajstić information content (AvgIpc) is 2.96. The van der Waals surface area contributed by atoms with Gasteiger partial charge in [-0.25, -0.2) is 0 Å². The molecule has 1 fully saturated rings. The van der Waals surface area contributed by atoms with Crippen molar-refractivity contribution in [2.24, 2.45) is 0 Å². The topological polar surface area (TPSA) is 4.41 Å². The molecule has 0 unspecified atom stereocenters. The fraction of sp³-hybridized carbons (Fsp3) is 0.300. The Morgan fingerprint density at radius 3 is 2.38 bits per heavy atom. The lowest BCUT2D eigenvalue weighted by atomic mass is 9.82. The van der Waals surface area contributed by atoms with Gasteiger partial charge in [-0.1, -0.05) is 55.7 Å². The third kappa shape index (κ3) is 2.27. The minimum Gasteiger partial charge on any atom is -0.323 e. The molecule has 0 aliphatic heterocycles. The van der Waals surface area contributed by atoms with Gasteiger partial charge in [-0.2, -0.15) is 0 Å². The van der Waals surface area contributed by atoms with Crippen molar-refractivity contribution in [1.82, 2.24) is 4.40 Å². The van der Waals surface area contributed by atoms with Gasteiger partial charge in [0.2, 0.25) is 0 Å². The Bertz CT molecular complexity index is 733. The zero-order valence-electron chi connectivity index (χ0n) is 12.3. The summed E-state index contributed by atoms with van der Waals surface area (Å²) in [6, 6.07) is 17.4. The van der Waals surface area contributed by atoms with Gasteiger partial charge in [0.25, 0.3) is 0 Å². The maximum absolute atomic E-state index is 2.31. The highest BCUT2D eigenvalue weighted by atomic mass is 14.9. The van der Waals surface area contributed by atoms with Crippen molar-refractivity contribution in [3.8, 4) is 11.1 Å². The van der Waals surface area contributed by atoms with Gasteiger partial charge in [-0.05, 0) is 42.0 Å². The summed E-state index contributed by atoms with van der Waals surface area (Å²) >= 11 is 0. The summed E-state index contributed by atoms with van der Waals surface area (Å²) in [6.45, 7) is 0. The molecule has 2 heterocycles. The Kier molecular flexibility index (Phi) is 3.27. The van der Waals surface area contributed by atoms with Gasteiger partial charge < -0.3 is 4.40 Å². The largest absolute Gasteiger partial charge is 0.323 e. The first-order valence-corrected chi connectivity index (χ1v) is 8.08. The molecular weight excluding hydrogens is 254 g/mol. The molecule has 0 radical (unpaired) electrons. The second kappa shape index (κ2) is 5.40. The van der Waals surface area contributed by atoms with E-state index in [2.05, 4.69) is 65.3 Å². The van der Waals surface area contributed by atoms with E-state index in [9.17, 15) is 0 Å². The number of rotatable bonds is 2. The van der Waals surface area contributed by atoms with Crippen LogP contribution in [-0.2, 0) is 0 Å². The van der Waals surface area contributed by atoms with E-state index in [0.29, 0.717) is 0 Å². The second-order valence-electron chi connectivity index (χ2n) is 6.15. The van der Waals surface area contributed by atoms with Crippen LogP contribution in [0.3, 0.4) is 0 Å². The third-order valence-corrected chi connectivity index (χ3v) is 4.82. The second-order valence-corrected chi connectivity index (χ2v) is 6.15. The van der Waals surface area contributed by atoms with E-state index in [4.69, 9.17) is 0 Å². The van der Waals surface area contributed by atoms with Crippen molar-refractivity contribution >= 4 is 5.52 Å². The van der Waals surface area contributed by atoms with E-state index in [1.807, 2.05) is 0 Å². The molecule has 106 valence electrons. The van der Waals surface area contributed by atoms with Gasteiger partial charge in [0.1, 0.15) is 0 Å². The van der Waals surface area contributed by atoms with Crippen LogP contribution in [0.4, 0.5) is 0 Å². The zero-order chi connectivity index (χ0) is 14.1. The molecule has 0 bridgehead atoms. The Balaban J connectivity index is 1.92. The molecule has 1 aromatic carbocycles. The summed E-state index contributed by atoms with van der Waals surface area (Å²) in [6.07, 6.45) is 11.3. The van der Waals surface area contributed by atoms with Crippen LogP contribution in [0.1, 0.15) is 43.6 Å². The molecule has 0 saturated heterocycles. The first-order chi connectivity index (χ1) is 10.4. The Hall–Kier alpha value is -2.02. The summed E-state index contributed by atoms with van der Waals surface area (Å²) in [5.41, 5.74) is 5.74. The molecule has 1 heteroatoms. The number of hydrogen-bond donors (Lipinski definition) is 0. The van der Waals surface area contributed by atoms with Crippen LogP contribution >= 0.6 is 0 Å². The standard InChI is InChI=1S/C20H21N/c1-3-9-16(10-4-1)18-15-21-14-8-7-13-19(21)20(18)17-11-5-2-6-12-17/h1,3-4,7-10,13-15,17H,2,5-6,11-12H2. The molecule has 0 atom stereocenters. The quantitative estimate of drug-likeness (QED) is 0.569. The lowest BCUT2D eigenvalue weighted by molar-refractivity contribution is 0.446. The van der Waals surface area contributed by atoms with E-state index < -0.39 is 0 Å². The maximum atomic E-state index is 2.31. The molecule has 21 heavy (non-hydrogen) atoms. The fourth-order valence-corrected chi connectivity index (χ4v) is 3.81. The maximum Gasteiger partial charge on any atom is 0.0491 e. The highest BCUT2D eigenvalue weighted by Gasteiger charge is 2.22. The monoisotopic (exact) mass is 275 g/mol. The summed E-state index contributed by atoms with van der Waals surface area (Å²) in [7, 11) is 0. The van der Waals surface area contributed by atoms with Crippen molar-refractivity contribution < 1.29 is 0 Å². The third-order valence-electron chi connectivity index (χ3n) is 4.82. The summed E-state index contributed by atoms with van der Waals surface area (Å²) in [5.74, 6) is 0.723. The van der Waals surface area contributed by atoms with E-state index in [1.54, 1.807) is 5.56 Å². The molecule has 2 aromatic heterocycles. The summed E-state index contributed by atoms with van der Waals surface area (Å²) in [5, 5.41) is 0. The van der Waals surface area contributed by atoms with Crippen LogP contribution < -0.4 is 0 Å². The number of fused-ring (bicyclic) bond motifs is 1. The van der Waals surface area contributed by atoms with Gasteiger partial charge in [0.05, 0.1) is 0 Å². The minimum absolute atomic E-state index is 0.723. The van der Waals surface area contributed by atoms with E-state index in [-0.39, 0.29) is 0 Å². The van der Waals surface area contributed by atoms with Crippen LogP contribution in [-0.4, -0.2) is 4.40 Å². The number of aromatic nitrogens is 1. The first kappa shape index (κ1) is 12.7. The molecule has 0 amide bonds. The van der Waals surface area contributed by atoms with E-state index in [1.165, 1.54) is 48.7 Å².